The minimum atomic E-state index is -3.67. The zero-order valence-corrected chi connectivity index (χ0v) is 30.4. The lowest BCUT2D eigenvalue weighted by molar-refractivity contribution is -0.156. The number of esters is 1. The molecule has 0 spiro atoms. The molecule has 0 radical (unpaired) electrons. The number of carbonyl (C=O) groups is 3. The smallest absolute Gasteiger partial charge is 0.377 e. The van der Waals surface area contributed by atoms with Crippen LogP contribution in [-0.2, 0) is 31.0 Å². The number of hydrogen-bond acceptors (Lipinski definition) is 8. The van der Waals surface area contributed by atoms with E-state index in [1.165, 1.54) is 81.1 Å². The van der Waals surface area contributed by atoms with Crippen molar-refractivity contribution >= 4 is 33.9 Å². The van der Waals surface area contributed by atoms with E-state index >= 15 is 0 Å². The van der Waals surface area contributed by atoms with Crippen LogP contribution in [0.2, 0.25) is 0 Å². The molecule has 50 heavy (non-hydrogen) atoms. The van der Waals surface area contributed by atoms with Crippen molar-refractivity contribution in [1.29, 1.82) is 0 Å². The molecule has 2 aliphatic heterocycles. The summed E-state index contributed by atoms with van der Waals surface area (Å²) in [4.78, 5) is 43.5. The maximum Gasteiger partial charge on any atom is 0.377 e. The number of aliphatic imine (C=N–C) groups is 1. The number of amides is 1. The normalized spacial score (nSPS) is 17.9. The molecule has 0 bridgehead atoms. The molecule has 272 valence electrons. The van der Waals surface area contributed by atoms with Crippen molar-refractivity contribution < 1.29 is 32.3 Å². The zero-order valence-electron chi connectivity index (χ0n) is 29.6. The van der Waals surface area contributed by atoms with Crippen LogP contribution in [0.3, 0.4) is 0 Å². The van der Waals surface area contributed by atoms with Gasteiger partial charge in [0.2, 0.25) is 10.0 Å². The predicted octanol–water partition coefficient (Wildman–Crippen LogP) is 6.83. The van der Waals surface area contributed by atoms with Crippen LogP contribution in [0.15, 0.2) is 70.6 Å². The number of nitrogens with zero attached hydrogens (tertiary/aromatic N) is 2. The Morgan fingerprint density at radius 3 is 2.08 bits per heavy atom. The Bertz CT molecular complexity index is 1550. The van der Waals surface area contributed by atoms with Gasteiger partial charge in [0.25, 0.3) is 11.7 Å². The summed E-state index contributed by atoms with van der Waals surface area (Å²) in [5.74, 6) is -1.31. The minimum absolute atomic E-state index is 0.0160. The Kier molecular flexibility index (Phi) is 15.2. The van der Waals surface area contributed by atoms with Crippen molar-refractivity contribution in [3.63, 3.8) is 0 Å². The fourth-order valence-corrected chi connectivity index (χ4v) is 7.99. The van der Waals surface area contributed by atoms with Crippen LogP contribution in [-0.4, -0.2) is 68.9 Å². The Balaban J connectivity index is 1.18. The summed E-state index contributed by atoms with van der Waals surface area (Å²) in [6, 6.07) is 13.1. The highest BCUT2D eigenvalue weighted by Crippen LogP contribution is 2.34. The molecule has 0 aromatic heterocycles. The predicted molar refractivity (Wildman–Crippen MR) is 195 cm³/mol. The molecule has 2 heterocycles. The van der Waals surface area contributed by atoms with Crippen LogP contribution in [0.4, 0.5) is 0 Å². The molecule has 1 N–H and O–H groups in total. The molecule has 0 saturated carbocycles. The number of benzene rings is 2. The zero-order chi connectivity index (χ0) is 35.8. The standard InChI is InChI=1S/C39H53N3O7S/c1-3-4-5-6-7-8-9-10-11-12-25-40-37(44)33-16-14-32(15-17-33)30-49-38(45)36(43)39(24-13-26-41-39)29-31-22-27-42(28-23-31)50(46,47)35-20-18-34(48-2)19-21-35/h13-21,24,26,31H,3-12,22-23,25,27-30H2,1-2H3,(H,40,44). The summed E-state index contributed by atoms with van der Waals surface area (Å²) in [5, 5.41) is 2.97. The van der Waals surface area contributed by atoms with Crippen LogP contribution in [0.1, 0.15) is 106 Å². The lowest BCUT2D eigenvalue weighted by atomic mass is 9.81. The molecule has 0 aliphatic carbocycles. The molecule has 4 rings (SSSR count). The second kappa shape index (κ2) is 19.5. The van der Waals surface area contributed by atoms with E-state index in [-0.39, 0.29) is 29.7 Å². The van der Waals surface area contributed by atoms with Gasteiger partial charge in [0.1, 0.15) is 17.9 Å². The summed E-state index contributed by atoms with van der Waals surface area (Å²) in [6.07, 6.45) is 18.5. The fraction of sp³-hybridized carbons (Fsp3) is 0.538. The Hall–Kier alpha value is -3.83. The van der Waals surface area contributed by atoms with Crippen molar-refractivity contribution in [2.24, 2.45) is 10.9 Å². The highest BCUT2D eigenvalue weighted by Gasteiger charge is 2.44. The third-order valence-corrected chi connectivity index (χ3v) is 11.5. The molecule has 2 aromatic carbocycles. The van der Waals surface area contributed by atoms with Gasteiger partial charge in [-0.25, -0.2) is 13.2 Å². The maximum absolute atomic E-state index is 13.4. The van der Waals surface area contributed by atoms with Crippen molar-refractivity contribution in [3.05, 3.63) is 71.8 Å². The number of sulfonamides is 1. The number of methoxy groups -OCH3 is 1. The lowest BCUT2D eigenvalue weighted by Gasteiger charge is -2.34. The third kappa shape index (κ3) is 11.1. The van der Waals surface area contributed by atoms with E-state index in [1.807, 2.05) is 0 Å². The molecule has 1 fully saturated rings. The third-order valence-electron chi connectivity index (χ3n) is 9.61. The summed E-state index contributed by atoms with van der Waals surface area (Å²) in [6.45, 7) is 3.36. The average Bonchev–Trinajstić information content (AvgIpc) is 3.62. The molecule has 1 amide bonds. The maximum atomic E-state index is 13.4. The van der Waals surface area contributed by atoms with Crippen molar-refractivity contribution in [1.82, 2.24) is 9.62 Å². The number of ether oxygens (including phenoxy) is 2. The molecule has 1 unspecified atom stereocenters. The van der Waals surface area contributed by atoms with Crippen LogP contribution in [0, 0.1) is 5.92 Å². The van der Waals surface area contributed by atoms with E-state index in [9.17, 15) is 22.8 Å². The van der Waals surface area contributed by atoms with E-state index in [4.69, 9.17) is 9.47 Å². The van der Waals surface area contributed by atoms with Gasteiger partial charge >= 0.3 is 5.97 Å². The van der Waals surface area contributed by atoms with E-state index < -0.39 is 27.3 Å². The molecular formula is C39H53N3O7S. The van der Waals surface area contributed by atoms with Gasteiger partial charge in [0.05, 0.1) is 12.0 Å². The van der Waals surface area contributed by atoms with Gasteiger partial charge in [-0.2, -0.15) is 4.31 Å². The number of Topliss-reactive ketones (excluding diaryl/α,β-unsaturated/α-hetero) is 1. The van der Waals surface area contributed by atoms with Gasteiger partial charge in [0, 0.05) is 31.4 Å². The highest BCUT2D eigenvalue weighted by atomic mass is 32.2. The average molecular weight is 708 g/mol. The second-order valence-corrected chi connectivity index (χ2v) is 15.3. The molecular weight excluding hydrogens is 655 g/mol. The number of ketones is 1. The summed E-state index contributed by atoms with van der Waals surface area (Å²) in [7, 11) is -2.14. The summed E-state index contributed by atoms with van der Waals surface area (Å²) in [5.41, 5.74) is -0.188. The van der Waals surface area contributed by atoms with Crippen LogP contribution in [0.5, 0.6) is 5.75 Å². The molecule has 10 nitrogen and oxygen atoms in total. The Labute approximate surface area is 297 Å². The first kappa shape index (κ1) is 39.0. The van der Waals surface area contributed by atoms with Gasteiger partial charge < -0.3 is 14.8 Å². The van der Waals surface area contributed by atoms with Gasteiger partial charge in [-0.15, -0.1) is 0 Å². The fourth-order valence-electron chi connectivity index (χ4n) is 6.52. The summed E-state index contributed by atoms with van der Waals surface area (Å²) >= 11 is 0. The SMILES string of the molecule is CCCCCCCCCCCCNC(=O)c1ccc(COC(=O)C(=O)C2(CC3CCN(S(=O)(=O)c4ccc(OC)cc4)CC3)C=CC=N2)cc1. The Morgan fingerprint density at radius 2 is 1.50 bits per heavy atom. The number of unbranched alkanes of at least 4 members (excludes halogenated alkanes) is 9. The number of nitrogens with one attached hydrogen (secondary N) is 1. The van der Waals surface area contributed by atoms with Crippen LogP contribution in [0.25, 0.3) is 0 Å². The molecule has 11 heteroatoms. The van der Waals surface area contributed by atoms with Gasteiger partial charge in [0.15, 0.2) is 0 Å². The summed E-state index contributed by atoms with van der Waals surface area (Å²) < 4.78 is 38.3. The first-order valence-electron chi connectivity index (χ1n) is 18.1. The number of piperidine rings is 1. The van der Waals surface area contributed by atoms with Crippen LogP contribution < -0.4 is 10.1 Å². The van der Waals surface area contributed by atoms with Gasteiger partial charge in [-0.3, -0.25) is 14.6 Å². The number of carbonyl (C=O) groups excluding carboxylic acids is 3. The van der Waals surface area contributed by atoms with Crippen molar-refractivity contribution in [3.8, 4) is 5.75 Å². The molecule has 1 atom stereocenters. The largest absolute Gasteiger partial charge is 0.497 e. The molecule has 2 aromatic rings. The second-order valence-electron chi connectivity index (χ2n) is 13.3. The quantitative estimate of drug-likeness (QED) is 0.0855. The number of rotatable bonds is 21. The lowest BCUT2D eigenvalue weighted by Crippen LogP contribution is -2.44. The van der Waals surface area contributed by atoms with E-state index in [2.05, 4.69) is 17.2 Å². The van der Waals surface area contributed by atoms with E-state index in [0.29, 0.717) is 49.4 Å². The first-order chi connectivity index (χ1) is 24.2. The van der Waals surface area contributed by atoms with Gasteiger partial charge in [-0.05, 0) is 85.7 Å². The molecule has 2 aliphatic rings. The van der Waals surface area contributed by atoms with Crippen molar-refractivity contribution in [2.75, 3.05) is 26.7 Å². The van der Waals surface area contributed by atoms with Crippen LogP contribution >= 0.6 is 0 Å². The molecule has 1 saturated heterocycles. The minimum Gasteiger partial charge on any atom is -0.497 e. The van der Waals surface area contributed by atoms with Gasteiger partial charge in [-0.1, -0.05) is 76.8 Å². The van der Waals surface area contributed by atoms with E-state index in [0.717, 1.165) is 12.8 Å². The van der Waals surface area contributed by atoms with E-state index in [1.54, 1.807) is 48.6 Å². The topological polar surface area (TPSA) is 131 Å². The highest BCUT2D eigenvalue weighted by molar-refractivity contribution is 7.89. The Morgan fingerprint density at radius 1 is 0.880 bits per heavy atom. The number of allylic oxidation sites excluding steroid dienone is 1. The first-order valence-corrected chi connectivity index (χ1v) is 19.6. The monoisotopic (exact) mass is 707 g/mol. The number of hydrogen-bond donors (Lipinski definition) is 1. The van der Waals surface area contributed by atoms with Crippen molar-refractivity contribution in [2.45, 2.75) is 107 Å².